The third kappa shape index (κ3) is 11.5. The maximum Gasteiger partial charge on any atom is 0.316 e. The number of hydrogen-bond acceptors (Lipinski definition) is 14. The molecule has 2 heterocycles. The van der Waals surface area contributed by atoms with E-state index in [-0.39, 0.29) is 31.9 Å². The Balaban J connectivity index is 2.49. The van der Waals surface area contributed by atoms with Crippen LogP contribution in [0.25, 0.3) is 0 Å². The molecular formula is C24H42N14O8. The van der Waals surface area contributed by atoms with E-state index in [0.29, 0.717) is 6.42 Å². The highest BCUT2D eigenvalue weighted by atomic mass is 16.3. The predicted octanol–water partition coefficient (Wildman–Crippen LogP) is -8.62. The molecule has 0 aromatic rings. The molecule has 0 saturated carbocycles. The van der Waals surface area contributed by atoms with Gasteiger partial charge in [0.05, 0.1) is 18.7 Å². The van der Waals surface area contributed by atoms with Gasteiger partial charge in [-0.2, -0.15) is 0 Å². The van der Waals surface area contributed by atoms with Crippen molar-refractivity contribution in [3.8, 4) is 0 Å². The van der Waals surface area contributed by atoms with Gasteiger partial charge in [-0.1, -0.05) is 0 Å². The number of nitrogens with zero attached hydrogens (tertiary/aromatic N) is 1. The molecule has 19 N–H and O–H groups in total. The van der Waals surface area contributed by atoms with Gasteiger partial charge in [-0.05, 0) is 25.8 Å². The second kappa shape index (κ2) is 18.0. The third-order valence-electron chi connectivity index (χ3n) is 6.71. The monoisotopic (exact) mass is 654 g/mol. The molecule has 256 valence electrons. The van der Waals surface area contributed by atoms with Gasteiger partial charge >= 0.3 is 6.03 Å². The summed E-state index contributed by atoms with van der Waals surface area (Å²) in [6.45, 7) is -1.51. The average Bonchev–Trinajstić information content (AvgIpc) is 3.02. The van der Waals surface area contributed by atoms with E-state index < -0.39 is 103 Å². The van der Waals surface area contributed by atoms with Crippen molar-refractivity contribution in [2.45, 2.75) is 55.5 Å². The molecule has 46 heavy (non-hydrogen) atoms. The van der Waals surface area contributed by atoms with Crippen molar-refractivity contribution in [2.24, 2.45) is 33.7 Å². The molecule has 1 saturated heterocycles. The zero-order valence-corrected chi connectivity index (χ0v) is 24.8. The van der Waals surface area contributed by atoms with Crippen molar-refractivity contribution >= 4 is 47.4 Å². The largest absolute Gasteiger partial charge is 0.394 e. The summed E-state index contributed by atoms with van der Waals surface area (Å²) in [6, 6.07) is -9.04. The Hall–Kier alpha value is -5.06. The van der Waals surface area contributed by atoms with E-state index in [4.69, 9.17) is 28.7 Å². The molecule has 3 unspecified atom stereocenters. The summed E-state index contributed by atoms with van der Waals surface area (Å²) in [6.07, 6.45) is 1.61. The van der Waals surface area contributed by atoms with Crippen molar-refractivity contribution in [3.63, 3.8) is 0 Å². The number of guanidine groups is 1. The molecule has 2 rings (SSSR count). The van der Waals surface area contributed by atoms with E-state index in [2.05, 4.69) is 42.2 Å². The van der Waals surface area contributed by atoms with Gasteiger partial charge in [0.15, 0.2) is 5.96 Å². The molecule has 2 aliphatic rings. The van der Waals surface area contributed by atoms with Crippen LogP contribution in [0.15, 0.2) is 16.9 Å². The number of hydrogen-bond donors (Lipinski definition) is 14. The fourth-order valence-electron chi connectivity index (χ4n) is 4.14. The van der Waals surface area contributed by atoms with Crippen molar-refractivity contribution in [1.82, 2.24) is 42.5 Å². The molecule has 0 radical (unpaired) electrons. The summed E-state index contributed by atoms with van der Waals surface area (Å²) in [7, 11) is 0. The number of amides is 8. The van der Waals surface area contributed by atoms with Crippen LogP contribution in [0.1, 0.15) is 19.3 Å². The van der Waals surface area contributed by atoms with Crippen LogP contribution in [0.2, 0.25) is 0 Å². The Bertz CT molecular complexity index is 1230. The summed E-state index contributed by atoms with van der Waals surface area (Å²) in [5, 5.41) is 28.6. The van der Waals surface area contributed by atoms with Gasteiger partial charge in [0.25, 0.3) is 5.91 Å². The van der Waals surface area contributed by atoms with Crippen LogP contribution in [-0.4, -0.2) is 122 Å². The second-order valence-electron chi connectivity index (χ2n) is 10.3. The molecule has 22 nitrogen and oxygen atoms in total. The van der Waals surface area contributed by atoms with Crippen LogP contribution in [0.3, 0.4) is 0 Å². The first-order chi connectivity index (χ1) is 21.8. The van der Waals surface area contributed by atoms with E-state index in [0.717, 1.165) is 6.20 Å². The van der Waals surface area contributed by atoms with Crippen LogP contribution in [0.5, 0.6) is 0 Å². The molecule has 0 spiro atoms. The summed E-state index contributed by atoms with van der Waals surface area (Å²) in [5.74, 6) is -5.78. The summed E-state index contributed by atoms with van der Waals surface area (Å²) in [5.41, 5.74) is 27.4. The smallest absolute Gasteiger partial charge is 0.316 e. The molecule has 2 aliphatic heterocycles. The number of aliphatic imine (C=N–C) groups is 1. The van der Waals surface area contributed by atoms with E-state index in [9.17, 15) is 38.7 Å². The molecular weight excluding hydrogens is 612 g/mol. The molecule has 0 aliphatic carbocycles. The fraction of sp³-hybridized carbons (Fsp3) is 0.583. The average molecular weight is 655 g/mol. The molecule has 6 atom stereocenters. The Morgan fingerprint density at radius 2 is 1.72 bits per heavy atom. The quantitative estimate of drug-likeness (QED) is 0.103. The first-order valence-corrected chi connectivity index (χ1v) is 14.2. The third-order valence-corrected chi connectivity index (χ3v) is 6.71. The minimum atomic E-state index is -1.65. The maximum absolute atomic E-state index is 13.4. The lowest BCUT2D eigenvalue weighted by atomic mass is 10.0. The highest BCUT2D eigenvalue weighted by Crippen LogP contribution is 2.07. The molecule has 1 fully saturated rings. The van der Waals surface area contributed by atoms with Gasteiger partial charge in [0.2, 0.25) is 29.5 Å². The van der Waals surface area contributed by atoms with Crippen LogP contribution < -0.4 is 71.2 Å². The Morgan fingerprint density at radius 1 is 1.02 bits per heavy atom. The van der Waals surface area contributed by atoms with Gasteiger partial charge in [-0.15, -0.1) is 0 Å². The zero-order valence-electron chi connectivity index (χ0n) is 24.8. The van der Waals surface area contributed by atoms with Gasteiger partial charge in [0.1, 0.15) is 29.9 Å². The highest BCUT2D eigenvalue weighted by molar-refractivity contribution is 6.02. The minimum absolute atomic E-state index is 0.0144. The predicted molar refractivity (Wildman–Crippen MR) is 160 cm³/mol. The number of aliphatic hydroxyl groups excluding tert-OH is 1. The SMILES string of the molecule is NCCC[C@H](N)C(=O)NCC1NC(=O)[C@H](CO)NC(=O)[C@@H](N)CNC(=O)C(C2CCN=C(N)N2)NC(=O)/C(=C/NC(N)=O)NC1=O. The van der Waals surface area contributed by atoms with Crippen LogP contribution in [0, 0.1) is 0 Å². The summed E-state index contributed by atoms with van der Waals surface area (Å²) >= 11 is 0. The van der Waals surface area contributed by atoms with Crippen molar-refractivity contribution in [1.29, 1.82) is 0 Å². The number of rotatable bonds is 9. The van der Waals surface area contributed by atoms with Crippen LogP contribution in [-0.2, 0) is 28.8 Å². The molecule has 0 bridgehead atoms. The lowest BCUT2D eigenvalue weighted by Gasteiger charge is -2.31. The van der Waals surface area contributed by atoms with E-state index >= 15 is 0 Å². The highest BCUT2D eigenvalue weighted by Gasteiger charge is 2.35. The molecule has 0 aromatic carbocycles. The van der Waals surface area contributed by atoms with Crippen LogP contribution >= 0.6 is 0 Å². The second-order valence-corrected chi connectivity index (χ2v) is 10.3. The number of nitrogens with two attached hydrogens (primary N) is 5. The molecule has 0 aromatic heterocycles. The standard InChI is InChI=1S/C24H42N14O8/c25-4-1-2-10(26)17(40)32-7-13-19(42)34-14(8-33-24(29)46)20(43)38-16(12-3-5-30-23(28)37-12)22(45)31-6-11(27)18(41)36-15(9-39)21(44)35-13/h8,10-13,15-16,39H,1-7,9,25-27H2,(H,31,45)(H,32,40)(H,34,42)(H,35,44)(H,36,41)(H,38,43)(H3,28,30,37)(H3,29,33,46)/b14-8-/t10-,11-,12?,13?,15-,16?/m0/s1. The van der Waals surface area contributed by atoms with E-state index in [1.807, 2.05) is 5.32 Å². The lowest BCUT2D eigenvalue weighted by molar-refractivity contribution is -0.134. The van der Waals surface area contributed by atoms with E-state index in [1.165, 1.54) is 0 Å². The van der Waals surface area contributed by atoms with Gasteiger partial charge in [-0.25, -0.2) is 4.79 Å². The topological polar surface area (TPSA) is 378 Å². The fourth-order valence-corrected chi connectivity index (χ4v) is 4.14. The Kier molecular flexibility index (Phi) is 14.6. The number of primary amides is 1. The minimum Gasteiger partial charge on any atom is -0.394 e. The van der Waals surface area contributed by atoms with Gasteiger partial charge in [-0.3, -0.25) is 33.8 Å². The van der Waals surface area contributed by atoms with Gasteiger partial charge < -0.3 is 76.3 Å². The Morgan fingerprint density at radius 3 is 2.35 bits per heavy atom. The zero-order chi connectivity index (χ0) is 34.4. The van der Waals surface area contributed by atoms with Crippen LogP contribution in [0.4, 0.5) is 4.79 Å². The molecule has 8 amide bonds. The van der Waals surface area contributed by atoms with Crippen molar-refractivity contribution in [2.75, 3.05) is 32.8 Å². The maximum atomic E-state index is 13.4. The number of aliphatic hydroxyl groups is 1. The summed E-state index contributed by atoms with van der Waals surface area (Å²) in [4.78, 5) is 93.7. The molecule has 22 heteroatoms. The number of nitrogens with one attached hydrogen (secondary N) is 8. The Labute approximate surface area is 262 Å². The first kappa shape index (κ1) is 37.1. The van der Waals surface area contributed by atoms with Gasteiger partial charge in [0, 0.05) is 25.8 Å². The number of carbonyl (C=O) groups excluding carboxylic acids is 7. The number of carbonyl (C=O) groups is 7. The summed E-state index contributed by atoms with van der Waals surface area (Å²) < 4.78 is 0. The van der Waals surface area contributed by atoms with E-state index in [1.54, 1.807) is 0 Å². The normalized spacial score (nSPS) is 26.6. The first-order valence-electron chi connectivity index (χ1n) is 14.2. The van der Waals surface area contributed by atoms with Crippen molar-refractivity contribution < 1.29 is 38.7 Å². The number of urea groups is 1. The lowest BCUT2D eigenvalue weighted by Crippen LogP contribution is -2.64. The van der Waals surface area contributed by atoms with Crippen molar-refractivity contribution in [3.05, 3.63) is 11.9 Å².